The van der Waals surface area contributed by atoms with Gasteiger partial charge in [-0.2, -0.15) is 0 Å². The highest BCUT2D eigenvalue weighted by atomic mass is 19.1. The van der Waals surface area contributed by atoms with E-state index in [1.54, 1.807) is 79.8 Å². The van der Waals surface area contributed by atoms with Crippen molar-refractivity contribution in [2.24, 2.45) is 0 Å². The number of ether oxygens (including phenoxy) is 2. The minimum absolute atomic E-state index is 0.0317. The zero-order valence-electron chi connectivity index (χ0n) is 32.9. The Bertz CT molecular complexity index is 2230. The largest absolute Gasteiger partial charge is 0.497 e. The molecule has 0 saturated heterocycles. The fourth-order valence-corrected chi connectivity index (χ4v) is 6.53. The number of anilines is 2. The molecule has 2 atom stereocenters. The minimum Gasteiger partial charge on any atom is -0.497 e. The molecular formula is C45H44F4N4O6. The normalized spacial score (nSPS) is 11.9. The molecule has 59 heavy (non-hydrogen) atoms. The molecule has 0 saturated carbocycles. The number of carbonyl (C=O) groups excluding carboxylic acids is 4. The molecular weight excluding hydrogens is 769 g/mol. The Morgan fingerprint density at radius 2 is 0.949 bits per heavy atom. The Balaban J connectivity index is 1.28. The van der Waals surface area contributed by atoms with Crippen molar-refractivity contribution in [1.82, 2.24) is 10.6 Å². The number of halogens is 4. The average Bonchev–Trinajstić information content (AvgIpc) is 3.20. The number of rotatable bonds is 17. The smallest absolute Gasteiger partial charge is 0.249 e. The summed E-state index contributed by atoms with van der Waals surface area (Å²) in [5, 5.41) is 5.49. The van der Waals surface area contributed by atoms with Crippen LogP contribution in [0.2, 0.25) is 0 Å². The molecule has 0 aliphatic rings. The summed E-state index contributed by atoms with van der Waals surface area (Å²) in [6.07, 6.45) is -0.481. The van der Waals surface area contributed by atoms with Gasteiger partial charge in [0.1, 0.15) is 46.9 Å². The number of benzene rings is 5. The number of carbonyl (C=O) groups is 4. The topological polar surface area (TPSA) is 117 Å². The van der Waals surface area contributed by atoms with Gasteiger partial charge in [-0.1, -0.05) is 24.3 Å². The fraction of sp³-hybridized carbons (Fsp3) is 0.244. The molecule has 14 heteroatoms. The van der Waals surface area contributed by atoms with E-state index >= 15 is 0 Å². The van der Waals surface area contributed by atoms with Crippen molar-refractivity contribution in [2.75, 3.05) is 38.1 Å². The van der Waals surface area contributed by atoms with Gasteiger partial charge in [0.15, 0.2) is 0 Å². The highest BCUT2D eigenvalue weighted by molar-refractivity contribution is 6.00. The lowest BCUT2D eigenvalue weighted by molar-refractivity contribution is -0.127. The third kappa shape index (κ3) is 12.4. The highest BCUT2D eigenvalue weighted by Gasteiger charge is 2.27. The van der Waals surface area contributed by atoms with E-state index in [1.165, 1.54) is 43.2 Å². The number of likely N-dealkylation sites (N-methyl/N-ethyl adjacent to an activating group) is 2. The van der Waals surface area contributed by atoms with Crippen molar-refractivity contribution in [3.8, 4) is 11.5 Å². The standard InChI is InChI=1S/C45H44F4N4O6/c1-52(36-9-13-38(58-3)14-10-36)44(56)40(17-8-30-19-32(46)26-33(47)20-30)50-42(54)24-28-6-5-7-29(18-28)25-43(55)51-41(23-31-21-34(48)27-35(49)22-31)45(57)53(2)37-11-15-39(59-4)16-12-37/h5-7,9-16,18-22,26-27,40-41H,8,17,23-25H2,1-4H3,(H,50,54)(H,51,55)/t40-,41-/m0/s1. The van der Waals surface area contributed by atoms with Crippen LogP contribution in [-0.2, 0) is 44.9 Å². The monoisotopic (exact) mass is 812 g/mol. The van der Waals surface area contributed by atoms with Crippen LogP contribution in [0.15, 0.2) is 109 Å². The van der Waals surface area contributed by atoms with Crippen LogP contribution < -0.4 is 29.9 Å². The van der Waals surface area contributed by atoms with E-state index in [2.05, 4.69) is 10.6 Å². The molecule has 0 bridgehead atoms. The second-order valence-electron chi connectivity index (χ2n) is 13.9. The first-order valence-electron chi connectivity index (χ1n) is 18.6. The van der Waals surface area contributed by atoms with Gasteiger partial charge < -0.3 is 29.9 Å². The SMILES string of the molecule is COc1ccc(N(C)C(=O)[C@H](CCc2cc(F)cc(F)c2)NC(=O)Cc2cccc(CC(=O)N[C@@H](Cc3cc(F)cc(F)c3)C(=O)N(C)c3ccc(OC)cc3)c2)cc1. The summed E-state index contributed by atoms with van der Waals surface area (Å²) < 4.78 is 66.5. The fourth-order valence-electron chi connectivity index (χ4n) is 6.53. The van der Waals surface area contributed by atoms with Crippen LogP contribution in [0.25, 0.3) is 0 Å². The molecule has 10 nitrogen and oxygen atoms in total. The van der Waals surface area contributed by atoms with Crippen LogP contribution in [0, 0.1) is 23.3 Å². The highest BCUT2D eigenvalue weighted by Crippen LogP contribution is 2.22. The summed E-state index contributed by atoms with van der Waals surface area (Å²) in [4.78, 5) is 57.2. The lowest BCUT2D eigenvalue weighted by Crippen LogP contribution is -2.49. The van der Waals surface area contributed by atoms with E-state index in [0.29, 0.717) is 45.6 Å². The summed E-state index contributed by atoms with van der Waals surface area (Å²) in [5.74, 6) is -4.12. The Labute approximate surface area is 339 Å². The second kappa shape index (κ2) is 20.1. The Morgan fingerprint density at radius 1 is 0.542 bits per heavy atom. The molecule has 308 valence electrons. The quantitative estimate of drug-likeness (QED) is 0.103. The Kier molecular flexibility index (Phi) is 14.8. The van der Waals surface area contributed by atoms with Gasteiger partial charge in [0.25, 0.3) is 0 Å². The van der Waals surface area contributed by atoms with Crippen LogP contribution in [-0.4, -0.2) is 64.0 Å². The Hall–Kier alpha value is -6.70. The molecule has 5 aromatic rings. The van der Waals surface area contributed by atoms with Crippen LogP contribution in [0.1, 0.15) is 28.7 Å². The van der Waals surface area contributed by atoms with Gasteiger partial charge in [-0.3, -0.25) is 19.2 Å². The molecule has 0 unspecified atom stereocenters. The lowest BCUT2D eigenvalue weighted by atomic mass is 10.0. The number of nitrogens with one attached hydrogen (secondary N) is 2. The van der Waals surface area contributed by atoms with E-state index in [0.717, 1.165) is 18.2 Å². The van der Waals surface area contributed by atoms with Crippen LogP contribution in [0.5, 0.6) is 11.5 Å². The number of hydrogen-bond acceptors (Lipinski definition) is 6. The molecule has 0 radical (unpaired) electrons. The van der Waals surface area contributed by atoms with Crippen molar-refractivity contribution < 1.29 is 46.2 Å². The van der Waals surface area contributed by atoms with Gasteiger partial charge in [-0.05, 0) is 108 Å². The van der Waals surface area contributed by atoms with Gasteiger partial charge in [-0.25, -0.2) is 17.6 Å². The summed E-state index contributed by atoms with van der Waals surface area (Å²) in [7, 11) is 6.08. The number of nitrogens with zero attached hydrogens (tertiary/aromatic N) is 2. The molecule has 5 rings (SSSR count). The molecule has 0 aliphatic heterocycles. The number of methoxy groups -OCH3 is 2. The van der Waals surface area contributed by atoms with Gasteiger partial charge in [0, 0.05) is 44.0 Å². The van der Waals surface area contributed by atoms with Crippen molar-refractivity contribution >= 4 is 35.0 Å². The van der Waals surface area contributed by atoms with E-state index in [-0.39, 0.29) is 37.7 Å². The number of amides is 4. The number of hydrogen-bond donors (Lipinski definition) is 2. The predicted molar refractivity (Wildman–Crippen MR) is 215 cm³/mol. The van der Waals surface area contributed by atoms with Gasteiger partial charge in [0.05, 0.1) is 27.1 Å². The van der Waals surface area contributed by atoms with Crippen LogP contribution in [0.4, 0.5) is 28.9 Å². The first-order valence-corrected chi connectivity index (χ1v) is 18.6. The minimum atomic E-state index is -1.21. The molecule has 0 aliphatic carbocycles. The van der Waals surface area contributed by atoms with E-state index in [1.807, 2.05) is 0 Å². The summed E-state index contributed by atoms with van der Waals surface area (Å²) in [5.41, 5.74) is 2.50. The van der Waals surface area contributed by atoms with Gasteiger partial charge in [-0.15, -0.1) is 0 Å². The zero-order chi connectivity index (χ0) is 42.6. The van der Waals surface area contributed by atoms with Crippen molar-refractivity contribution in [3.63, 3.8) is 0 Å². The van der Waals surface area contributed by atoms with Crippen molar-refractivity contribution in [3.05, 3.63) is 155 Å². The third-order valence-corrected chi connectivity index (χ3v) is 9.57. The molecule has 4 amide bonds. The lowest BCUT2D eigenvalue weighted by Gasteiger charge is -2.25. The average molecular weight is 813 g/mol. The van der Waals surface area contributed by atoms with Crippen molar-refractivity contribution in [1.29, 1.82) is 0 Å². The maximum absolute atomic E-state index is 14.1. The molecule has 0 aromatic heterocycles. The maximum atomic E-state index is 14.1. The molecule has 0 spiro atoms. The van der Waals surface area contributed by atoms with Gasteiger partial charge >= 0.3 is 0 Å². The molecule has 5 aromatic carbocycles. The first kappa shape index (κ1) is 43.4. The van der Waals surface area contributed by atoms with Crippen LogP contribution in [0.3, 0.4) is 0 Å². The van der Waals surface area contributed by atoms with Crippen molar-refractivity contribution in [2.45, 2.75) is 44.2 Å². The van der Waals surface area contributed by atoms with Gasteiger partial charge in [0.2, 0.25) is 23.6 Å². The molecule has 0 fully saturated rings. The third-order valence-electron chi connectivity index (χ3n) is 9.57. The molecule has 0 heterocycles. The maximum Gasteiger partial charge on any atom is 0.249 e. The van der Waals surface area contributed by atoms with Crippen LogP contribution >= 0.6 is 0 Å². The van der Waals surface area contributed by atoms with E-state index < -0.39 is 59.0 Å². The summed E-state index contributed by atoms with van der Waals surface area (Å²) in [6.45, 7) is 0. The molecule has 2 N–H and O–H groups in total. The second-order valence-corrected chi connectivity index (χ2v) is 13.9. The zero-order valence-corrected chi connectivity index (χ0v) is 32.9. The van der Waals surface area contributed by atoms with E-state index in [4.69, 9.17) is 9.47 Å². The van der Waals surface area contributed by atoms with E-state index in [9.17, 15) is 36.7 Å². The Morgan fingerprint density at radius 3 is 1.39 bits per heavy atom. The first-order chi connectivity index (χ1) is 28.2. The summed E-state index contributed by atoms with van der Waals surface area (Å²) in [6, 6.07) is 23.7. The number of aryl methyl sites for hydroxylation is 1. The summed E-state index contributed by atoms with van der Waals surface area (Å²) >= 11 is 0. The predicted octanol–water partition coefficient (Wildman–Crippen LogP) is 6.52.